The van der Waals surface area contributed by atoms with Crippen LogP contribution in [0.1, 0.15) is 36.7 Å². The maximum Gasteiger partial charge on any atom is 0.271 e. The van der Waals surface area contributed by atoms with E-state index < -0.39 is 0 Å². The lowest BCUT2D eigenvalue weighted by Gasteiger charge is -2.14. The van der Waals surface area contributed by atoms with Crippen LogP contribution in [0.4, 0.5) is 4.39 Å². The molecule has 1 aliphatic rings. The molecule has 0 aliphatic heterocycles. The highest BCUT2D eigenvalue weighted by Crippen LogP contribution is 2.53. The van der Waals surface area contributed by atoms with E-state index in [-0.39, 0.29) is 11.2 Å². The molecular formula is C26H22FN7. The lowest BCUT2D eigenvalue weighted by Crippen LogP contribution is -2.15. The van der Waals surface area contributed by atoms with Gasteiger partial charge in [-0.3, -0.25) is 4.98 Å². The minimum Gasteiger partial charge on any atom is -0.385 e. The van der Waals surface area contributed by atoms with Crippen LogP contribution in [0.5, 0.6) is 0 Å². The van der Waals surface area contributed by atoms with Gasteiger partial charge in [0.1, 0.15) is 11.5 Å². The summed E-state index contributed by atoms with van der Waals surface area (Å²) in [7, 11) is 0. The Morgan fingerprint density at radius 1 is 1.12 bits per heavy atom. The van der Waals surface area contributed by atoms with E-state index in [0.29, 0.717) is 34.8 Å². The Balaban J connectivity index is 1.41. The molecule has 1 saturated carbocycles. The van der Waals surface area contributed by atoms with Crippen molar-refractivity contribution < 1.29 is 4.39 Å². The topological polar surface area (TPSA) is 80.9 Å². The molecule has 168 valence electrons. The van der Waals surface area contributed by atoms with Crippen molar-refractivity contribution in [3.63, 3.8) is 0 Å². The number of aromatic nitrogens is 6. The average Bonchev–Trinajstić information content (AvgIpc) is 3.55. The number of halogens is 1. The van der Waals surface area contributed by atoms with E-state index in [1.807, 2.05) is 25.1 Å². The quantitative estimate of drug-likeness (QED) is 0.408. The summed E-state index contributed by atoms with van der Waals surface area (Å²) in [6.07, 6.45) is 5.29. The van der Waals surface area contributed by atoms with E-state index in [1.165, 1.54) is 6.07 Å². The molecule has 3 aromatic heterocycles. The van der Waals surface area contributed by atoms with Gasteiger partial charge in [-0.1, -0.05) is 24.8 Å². The maximum absolute atomic E-state index is 14.8. The van der Waals surface area contributed by atoms with Crippen LogP contribution in [0, 0.1) is 5.82 Å². The molecule has 0 saturated heterocycles. The fraction of sp³-hybridized carbons (Fsp3) is 0.192. The highest BCUT2D eigenvalue weighted by molar-refractivity contribution is 5.79. The number of rotatable bonds is 6. The van der Waals surface area contributed by atoms with Gasteiger partial charge < -0.3 is 5.32 Å². The Bertz CT molecular complexity index is 1570. The molecule has 8 heteroatoms. The standard InChI is InChI=1S/C26H22FN7/c1-3-28-16(2)20-8-6-18(14-21(20)27)23-15-30-25-32-31-24(34(25)33-23)26(10-11-26)19-7-9-22-17(13-19)5-4-12-29-22/h4-9,12-15,28H,2-3,10-11H2,1H3. The first-order valence-electron chi connectivity index (χ1n) is 11.3. The Labute approximate surface area is 195 Å². The molecule has 1 aliphatic carbocycles. The van der Waals surface area contributed by atoms with E-state index in [9.17, 15) is 4.39 Å². The zero-order valence-corrected chi connectivity index (χ0v) is 18.7. The summed E-state index contributed by atoms with van der Waals surface area (Å²) in [6, 6.07) is 15.3. The fourth-order valence-corrected chi connectivity index (χ4v) is 4.49. The summed E-state index contributed by atoms with van der Waals surface area (Å²) in [5.74, 6) is 0.806. The molecule has 0 bridgehead atoms. The van der Waals surface area contributed by atoms with Crippen molar-refractivity contribution in [1.82, 2.24) is 35.1 Å². The predicted octanol–water partition coefficient (Wildman–Crippen LogP) is 4.53. The molecular weight excluding hydrogens is 429 g/mol. The first kappa shape index (κ1) is 20.4. The summed E-state index contributed by atoms with van der Waals surface area (Å²) >= 11 is 0. The smallest absolute Gasteiger partial charge is 0.271 e. The summed E-state index contributed by atoms with van der Waals surface area (Å²) < 4.78 is 16.5. The minimum absolute atomic E-state index is 0.268. The second-order valence-corrected chi connectivity index (χ2v) is 8.58. The minimum atomic E-state index is -0.363. The number of nitrogens with one attached hydrogen (secondary N) is 1. The van der Waals surface area contributed by atoms with Crippen LogP contribution in [-0.4, -0.2) is 36.3 Å². The van der Waals surface area contributed by atoms with E-state index in [2.05, 4.69) is 50.3 Å². The number of nitrogens with zero attached hydrogens (tertiary/aromatic N) is 6. The van der Waals surface area contributed by atoms with E-state index in [1.54, 1.807) is 23.0 Å². The molecule has 7 nitrogen and oxygen atoms in total. The van der Waals surface area contributed by atoms with E-state index in [4.69, 9.17) is 5.10 Å². The summed E-state index contributed by atoms with van der Waals surface area (Å²) in [5.41, 5.74) is 4.01. The van der Waals surface area contributed by atoms with Crippen LogP contribution >= 0.6 is 0 Å². The summed E-state index contributed by atoms with van der Waals surface area (Å²) in [6.45, 7) is 6.52. The zero-order valence-electron chi connectivity index (χ0n) is 18.7. The molecule has 34 heavy (non-hydrogen) atoms. The molecule has 0 spiro atoms. The monoisotopic (exact) mass is 451 g/mol. The first-order valence-corrected chi connectivity index (χ1v) is 11.3. The van der Waals surface area contributed by atoms with Crippen molar-refractivity contribution in [1.29, 1.82) is 0 Å². The summed E-state index contributed by atoms with van der Waals surface area (Å²) in [4.78, 5) is 8.87. The molecule has 3 heterocycles. The normalized spacial score (nSPS) is 14.4. The number of hydrogen-bond donors (Lipinski definition) is 1. The van der Waals surface area contributed by atoms with Crippen molar-refractivity contribution in [2.24, 2.45) is 0 Å². The second kappa shape index (κ2) is 7.69. The van der Waals surface area contributed by atoms with Gasteiger partial charge in [0.15, 0.2) is 5.82 Å². The zero-order chi connectivity index (χ0) is 23.3. The van der Waals surface area contributed by atoms with Gasteiger partial charge in [-0.15, -0.1) is 10.2 Å². The number of pyridine rings is 1. The molecule has 0 atom stereocenters. The van der Waals surface area contributed by atoms with E-state index >= 15 is 0 Å². The van der Waals surface area contributed by atoms with Gasteiger partial charge in [-0.05, 0) is 55.7 Å². The van der Waals surface area contributed by atoms with Crippen molar-refractivity contribution in [2.45, 2.75) is 25.2 Å². The van der Waals surface area contributed by atoms with Gasteiger partial charge in [0.05, 0.1) is 17.1 Å². The first-order chi connectivity index (χ1) is 16.6. The maximum atomic E-state index is 14.8. The van der Waals surface area contributed by atoms with Crippen LogP contribution in [0.3, 0.4) is 0 Å². The molecule has 5 aromatic rings. The van der Waals surface area contributed by atoms with Crippen LogP contribution in [0.25, 0.3) is 33.6 Å². The SMILES string of the molecule is C=C(NCC)c1ccc(-c2cnc3nnc(C4(c5ccc6ncccc6c5)CC4)n3n2)cc1F. The van der Waals surface area contributed by atoms with Crippen LogP contribution in [0.2, 0.25) is 0 Å². The average molecular weight is 452 g/mol. The molecule has 1 fully saturated rings. The van der Waals surface area contributed by atoms with Gasteiger partial charge in [0.25, 0.3) is 5.78 Å². The van der Waals surface area contributed by atoms with Crippen molar-refractivity contribution in [3.05, 3.63) is 90.3 Å². The Morgan fingerprint density at radius 2 is 2.00 bits per heavy atom. The number of benzene rings is 2. The van der Waals surface area contributed by atoms with Crippen molar-refractivity contribution in [3.8, 4) is 11.3 Å². The van der Waals surface area contributed by atoms with Crippen LogP contribution in [-0.2, 0) is 5.41 Å². The van der Waals surface area contributed by atoms with Crippen molar-refractivity contribution >= 4 is 22.4 Å². The lowest BCUT2D eigenvalue weighted by molar-refractivity contribution is 0.622. The largest absolute Gasteiger partial charge is 0.385 e. The lowest BCUT2D eigenvalue weighted by atomic mass is 9.94. The molecule has 0 unspecified atom stereocenters. The van der Waals surface area contributed by atoms with Crippen LogP contribution in [0.15, 0.2) is 67.5 Å². The molecule has 6 rings (SSSR count). The Hall–Kier alpha value is -4.20. The Morgan fingerprint density at radius 3 is 2.79 bits per heavy atom. The van der Waals surface area contributed by atoms with Gasteiger partial charge in [0.2, 0.25) is 0 Å². The highest BCUT2D eigenvalue weighted by Gasteiger charge is 2.50. The van der Waals surface area contributed by atoms with Gasteiger partial charge in [0, 0.05) is 35.0 Å². The molecule has 0 radical (unpaired) electrons. The molecule has 1 N–H and O–H groups in total. The molecule has 0 amide bonds. The number of fused-ring (bicyclic) bond motifs is 2. The number of hydrogen-bond acceptors (Lipinski definition) is 6. The van der Waals surface area contributed by atoms with Crippen LogP contribution < -0.4 is 5.32 Å². The molecule has 2 aromatic carbocycles. The van der Waals surface area contributed by atoms with Gasteiger partial charge in [-0.25, -0.2) is 9.37 Å². The van der Waals surface area contributed by atoms with Gasteiger partial charge >= 0.3 is 0 Å². The third-order valence-electron chi connectivity index (χ3n) is 6.45. The fourth-order valence-electron chi connectivity index (χ4n) is 4.49. The third kappa shape index (κ3) is 3.22. The third-order valence-corrected chi connectivity index (χ3v) is 6.45. The van der Waals surface area contributed by atoms with Gasteiger partial charge in [-0.2, -0.15) is 9.61 Å². The highest BCUT2D eigenvalue weighted by atomic mass is 19.1. The van der Waals surface area contributed by atoms with E-state index in [0.717, 1.165) is 35.1 Å². The Kier molecular flexibility index (Phi) is 4.62. The predicted molar refractivity (Wildman–Crippen MR) is 128 cm³/mol. The van der Waals surface area contributed by atoms with Crippen molar-refractivity contribution in [2.75, 3.05) is 6.54 Å². The second-order valence-electron chi connectivity index (χ2n) is 8.58. The summed E-state index contributed by atoms with van der Waals surface area (Å²) in [5, 5.41) is 17.6.